The average Bonchev–Trinajstić information content (AvgIpc) is 3.06. The van der Waals surface area contributed by atoms with Crippen LogP contribution in [0.1, 0.15) is 58.8 Å². The molecule has 1 amide bonds. The minimum atomic E-state index is 0.189. The summed E-state index contributed by atoms with van der Waals surface area (Å²) in [5.74, 6) is 0.534. The maximum absolute atomic E-state index is 12.4. The zero-order chi connectivity index (χ0) is 13.2. The first kappa shape index (κ1) is 14.4. The van der Waals surface area contributed by atoms with E-state index in [1.165, 1.54) is 38.5 Å². The fraction of sp³-hybridized carbons (Fsp3) is 0.933. The van der Waals surface area contributed by atoms with Crippen molar-refractivity contribution < 1.29 is 4.79 Å². The quantitative estimate of drug-likeness (QED) is 0.766. The molecule has 2 saturated carbocycles. The summed E-state index contributed by atoms with van der Waals surface area (Å²) in [6, 6.07) is 0. The van der Waals surface area contributed by atoms with Crippen LogP contribution in [-0.2, 0) is 4.79 Å². The summed E-state index contributed by atoms with van der Waals surface area (Å²) in [6.45, 7) is 5.40. The molecule has 0 spiro atoms. The van der Waals surface area contributed by atoms with E-state index in [4.69, 9.17) is 0 Å². The third-order valence-electron chi connectivity index (χ3n) is 5.04. The lowest BCUT2D eigenvalue weighted by molar-refractivity contribution is -0.130. The second-order valence-corrected chi connectivity index (χ2v) is 7.74. The number of carbonyl (C=O) groups is 1. The molecule has 18 heavy (non-hydrogen) atoms. The van der Waals surface area contributed by atoms with Crippen molar-refractivity contribution >= 4 is 21.8 Å². The van der Waals surface area contributed by atoms with Crippen LogP contribution >= 0.6 is 15.9 Å². The number of halogens is 1. The molecule has 0 bridgehead atoms. The van der Waals surface area contributed by atoms with Crippen LogP contribution in [0.3, 0.4) is 0 Å². The summed E-state index contributed by atoms with van der Waals surface area (Å²) in [5.41, 5.74) is 0.618. The van der Waals surface area contributed by atoms with Gasteiger partial charge < -0.3 is 5.32 Å². The smallest absolute Gasteiger partial charge is 0.223 e. The Balaban J connectivity index is 1.84. The van der Waals surface area contributed by atoms with E-state index < -0.39 is 0 Å². The Morgan fingerprint density at radius 1 is 1.28 bits per heavy atom. The normalized spacial score (nSPS) is 28.7. The highest BCUT2D eigenvalue weighted by Gasteiger charge is 2.43. The van der Waals surface area contributed by atoms with E-state index in [-0.39, 0.29) is 11.3 Å². The van der Waals surface area contributed by atoms with Crippen LogP contribution < -0.4 is 5.32 Å². The molecule has 1 atom stereocenters. The van der Waals surface area contributed by atoms with Gasteiger partial charge in [-0.15, -0.1) is 0 Å². The van der Waals surface area contributed by atoms with Crippen molar-refractivity contribution in [2.24, 2.45) is 16.7 Å². The predicted octanol–water partition coefficient (Wildman–Crippen LogP) is 3.88. The molecule has 104 valence electrons. The van der Waals surface area contributed by atoms with Gasteiger partial charge in [0.1, 0.15) is 0 Å². The first-order chi connectivity index (χ1) is 8.49. The third-order valence-corrected chi connectivity index (χ3v) is 5.44. The van der Waals surface area contributed by atoms with Gasteiger partial charge in [0, 0.05) is 17.8 Å². The fourth-order valence-electron chi connectivity index (χ4n) is 3.27. The van der Waals surface area contributed by atoms with Gasteiger partial charge in [-0.1, -0.05) is 42.6 Å². The van der Waals surface area contributed by atoms with Crippen LogP contribution in [0.15, 0.2) is 0 Å². The second kappa shape index (κ2) is 5.52. The summed E-state index contributed by atoms with van der Waals surface area (Å²) in [6.07, 6.45) is 8.53. The summed E-state index contributed by atoms with van der Waals surface area (Å²) in [5, 5.41) is 4.29. The van der Waals surface area contributed by atoms with E-state index in [9.17, 15) is 4.79 Å². The molecule has 0 aliphatic heterocycles. The van der Waals surface area contributed by atoms with Crippen molar-refractivity contribution in [2.45, 2.75) is 58.8 Å². The first-order valence-electron chi connectivity index (χ1n) is 7.33. The maximum atomic E-state index is 12.4. The molecule has 0 heterocycles. The van der Waals surface area contributed by atoms with Gasteiger partial charge in [0.15, 0.2) is 0 Å². The van der Waals surface area contributed by atoms with Crippen LogP contribution in [0.2, 0.25) is 0 Å². The molecule has 1 N–H and O–H groups in total. The average molecular weight is 316 g/mol. The Labute approximate surface area is 119 Å². The largest absolute Gasteiger partial charge is 0.355 e. The monoisotopic (exact) mass is 315 g/mol. The van der Waals surface area contributed by atoms with E-state index in [1.54, 1.807) is 0 Å². The Hall–Kier alpha value is -0.0500. The number of rotatable bonds is 5. The SMILES string of the molecule is CC1(C)CCCCC1C(=O)NCC1(CCBr)CC1. The Bertz CT molecular complexity index is 310. The van der Waals surface area contributed by atoms with E-state index >= 15 is 0 Å². The van der Waals surface area contributed by atoms with Gasteiger partial charge in [0.25, 0.3) is 0 Å². The minimum absolute atomic E-state index is 0.189. The van der Waals surface area contributed by atoms with Crippen LogP contribution in [0.25, 0.3) is 0 Å². The van der Waals surface area contributed by atoms with Crippen LogP contribution in [0.4, 0.5) is 0 Å². The molecule has 0 saturated heterocycles. The number of nitrogens with one attached hydrogen (secondary N) is 1. The molecular formula is C15H26BrNO. The van der Waals surface area contributed by atoms with Crippen molar-refractivity contribution in [2.75, 3.05) is 11.9 Å². The standard InChI is InChI=1S/C15H26BrNO/c1-14(2)6-4-3-5-12(14)13(18)17-11-15(7-8-15)9-10-16/h12H,3-11H2,1-2H3,(H,17,18). The molecule has 1 unspecified atom stereocenters. The van der Waals surface area contributed by atoms with Gasteiger partial charge in [-0.2, -0.15) is 0 Å². The van der Waals surface area contributed by atoms with Gasteiger partial charge in [-0.05, 0) is 42.9 Å². The van der Waals surface area contributed by atoms with E-state index in [1.807, 2.05) is 0 Å². The van der Waals surface area contributed by atoms with Crippen molar-refractivity contribution in [3.05, 3.63) is 0 Å². The van der Waals surface area contributed by atoms with Gasteiger partial charge >= 0.3 is 0 Å². The molecule has 0 aromatic heterocycles. The Morgan fingerprint density at radius 2 is 2.00 bits per heavy atom. The zero-order valence-electron chi connectivity index (χ0n) is 11.7. The van der Waals surface area contributed by atoms with Gasteiger partial charge in [-0.25, -0.2) is 0 Å². The summed E-state index contributed by atoms with van der Waals surface area (Å²) < 4.78 is 0. The lowest BCUT2D eigenvalue weighted by Gasteiger charge is -2.37. The topological polar surface area (TPSA) is 29.1 Å². The van der Waals surface area contributed by atoms with Crippen LogP contribution in [0.5, 0.6) is 0 Å². The highest BCUT2D eigenvalue weighted by atomic mass is 79.9. The summed E-state index contributed by atoms with van der Waals surface area (Å²) in [7, 11) is 0. The Kier molecular flexibility index (Phi) is 4.40. The molecule has 0 aromatic carbocycles. The maximum Gasteiger partial charge on any atom is 0.223 e. The van der Waals surface area contributed by atoms with Crippen molar-refractivity contribution in [1.29, 1.82) is 0 Å². The third kappa shape index (κ3) is 3.28. The highest BCUT2D eigenvalue weighted by molar-refractivity contribution is 9.09. The summed E-state index contributed by atoms with van der Waals surface area (Å²) in [4.78, 5) is 12.4. The van der Waals surface area contributed by atoms with Crippen molar-refractivity contribution in [3.8, 4) is 0 Å². The number of hydrogen-bond donors (Lipinski definition) is 1. The fourth-order valence-corrected chi connectivity index (χ4v) is 4.11. The highest BCUT2D eigenvalue weighted by Crippen LogP contribution is 2.48. The van der Waals surface area contributed by atoms with Gasteiger partial charge in [0.2, 0.25) is 5.91 Å². The molecule has 0 aromatic rings. The Morgan fingerprint density at radius 3 is 2.56 bits per heavy atom. The molecular weight excluding hydrogens is 290 g/mol. The van der Waals surface area contributed by atoms with E-state index in [0.717, 1.165) is 18.3 Å². The molecule has 2 aliphatic carbocycles. The molecule has 3 heteroatoms. The number of alkyl halides is 1. The first-order valence-corrected chi connectivity index (χ1v) is 8.45. The predicted molar refractivity (Wildman–Crippen MR) is 78.8 cm³/mol. The number of amides is 1. The van der Waals surface area contributed by atoms with Gasteiger partial charge in [-0.3, -0.25) is 4.79 Å². The van der Waals surface area contributed by atoms with E-state index in [2.05, 4.69) is 35.1 Å². The number of carbonyl (C=O) groups excluding carboxylic acids is 1. The summed E-state index contributed by atoms with van der Waals surface area (Å²) >= 11 is 3.51. The molecule has 0 radical (unpaired) electrons. The second-order valence-electron chi connectivity index (χ2n) is 6.94. The molecule has 2 fully saturated rings. The zero-order valence-corrected chi connectivity index (χ0v) is 13.3. The van der Waals surface area contributed by atoms with Crippen molar-refractivity contribution in [3.63, 3.8) is 0 Å². The van der Waals surface area contributed by atoms with Crippen LogP contribution in [-0.4, -0.2) is 17.8 Å². The molecule has 2 aliphatic rings. The van der Waals surface area contributed by atoms with Crippen molar-refractivity contribution in [1.82, 2.24) is 5.32 Å². The van der Waals surface area contributed by atoms with Gasteiger partial charge in [0.05, 0.1) is 0 Å². The van der Waals surface area contributed by atoms with E-state index in [0.29, 0.717) is 11.3 Å². The number of hydrogen-bond acceptors (Lipinski definition) is 1. The lowest BCUT2D eigenvalue weighted by atomic mass is 9.68. The van der Waals surface area contributed by atoms with Crippen LogP contribution in [0, 0.1) is 16.7 Å². The lowest BCUT2D eigenvalue weighted by Crippen LogP contribution is -2.43. The molecule has 2 nitrogen and oxygen atoms in total. The molecule has 2 rings (SSSR count). The minimum Gasteiger partial charge on any atom is -0.355 e.